The van der Waals surface area contributed by atoms with E-state index in [2.05, 4.69) is 4.40 Å². The van der Waals surface area contributed by atoms with Gasteiger partial charge in [0.15, 0.2) is 5.17 Å². The molecule has 0 atom stereocenters. The lowest BCUT2D eigenvalue weighted by Gasteiger charge is -2.17. The molecule has 2 heterocycles. The predicted molar refractivity (Wildman–Crippen MR) is 71.9 cm³/mol. The second kappa shape index (κ2) is 4.46. The molecule has 0 saturated carbocycles. The number of carbonyl (C=O) groups excluding carboxylic acids is 2. The first-order valence-electron chi connectivity index (χ1n) is 4.86. The maximum absolute atomic E-state index is 12.3. The highest BCUT2D eigenvalue weighted by Crippen LogP contribution is 2.44. The van der Waals surface area contributed by atoms with Crippen LogP contribution >= 0.6 is 33.4 Å². The number of halogens is 1. The molecule has 0 aliphatic carbocycles. The molecule has 0 bridgehead atoms. The van der Waals surface area contributed by atoms with Crippen molar-refractivity contribution in [1.82, 2.24) is 0 Å². The number of ketones is 1. The Hall–Kier alpha value is -1.24. The number of nitrogens with zero attached hydrogens (tertiary/aromatic N) is 1. The van der Waals surface area contributed by atoms with Gasteiger partial charge in [-0.1, -0.05) is 23.7 Å². The summed E-state index contributed by atoms with van der Waals surface area (Å²) in [4.78, 5) is 24.5. The van der Waals surface area contributed by atoms with Crippen LogP contribution in [0.4, 0.5) is 0 Å². The van der Waals surface area contributed by atoms with Gasteiger partial charge >= 0.3 is 5.97 Å². The van der Waals surface area contributed by atoms with E-state index in [-0.39, 0.29) is 22.3 Å². The van der Waals surface area contributed by atoms with Crippen LogP contribution in [0.15, 0.2) is 39.1 Å². The Bertz CT molecular complexity index is 639. The average Bonchev–Trinajstić information content (AvgIpc) is 2.76. The highest BCUT2D eigenvalue weighted by molar-refractivity contribution is 8.78. The Labute approximate surface area is 115 Å². The van der Waals surface area contributed by atoms with E-state index in [1.807, 2.05) is 0 Å². The third kappa shape index (κ3) is 1.77. The average molecular weight is 298 g/mol. The number of allylic oxidation sites excluding steroid dienone is 1. The summed E-state index contributed by atoms with van der Waals surface area (Å²) in [6.45, 7) is 0. The molecule has 0 fully saturated rings. The lowest BCUT2D eigenvalue weighted by atomic mass is 9.99. The van der Waals surface area contributed by atoms with Crippen LogP contribution in [0.2, 0.25) is 0 Å². The van der Waals surface area contributed by atoms with E-state index >= 15 is 0 Å². The van der Waals surface area contributed by atoms with E-state index in [9.17, 15) is 9.59 Å². The molecule has 0 N–H and O–H groups in total. The zero-order chi connectivity index (χ0) is 12.7. The number of fused-ring (bicyclic) bond motifs is 1. The van der Waals surface area contributed by atoms with Gasteiger partial charge in [0.25, 0.3) is 0 Å². The van der Waals surface area contributed by atoms with Crippen LogP contribution in [0, 0.1) is 0 Å². The van der Waals surface area contributed by atoms with Crippen LogP contribution in [-0.4, -0.2) is 16.9 Å². The first-order chi connectivity index (χ1) is 8.68. The minimum Gasteiger partial charge on any atom is -0.422 e. The van der Waals surface area contributed by atoms with E-state index < -0.39 is 5.97 Å². The summed E-state index contributed by atoms with van der Waals surface area (Å²) in [5.41, 5.74) is 0.319. The molecule has 90 valence electrons. The molecule has 4 nitrogen and oxygen atoms in total. The van der Waals surface area contributed by atoms with Gasteiger partial charge in [-0.25, -0.2) is 4.79 Å². The zero-order valence-corrected chi connectivity index (χ0v) is 11.1. The zero-order valence-electron chi connectivity index (χ0n) is 8.68. The molecule has 0 spiro atoms. The fourth-order valence-electron chi connectivity index (χ4n) is 1.63. The van der Waals surface area contributed by atoms with Crippen molar-refractivity contribution < 1.29 is 14.3 Å². The first kappa shape index (κ1) is 11.8. The van der Waals surface area contributed by atoms with Crippen LogP contribution in [0.3, 0.4) is 0 Å². The van der Waals surface area contributed by atoms with Crippen LogP contribution in [0.25, 0.3) is 0 Å². The van der Waals surface area contributed by atoms with Crippen molar-refractivity contribution in [3.8, 4) is 5.75 Å². The van der Waals surface area contributed by atoms with Crippen LogP contribution in [0.5, 0.6) is 5.75 Å². The smallest absolute Gasteiger partial charge is 0.348 e. The Morgan fingerprint density at radius 3 is 2.72 bits per heavy atom. The van der Waals surface area contributed by atoms with Crippen LogP contribution in [-0.2, 0) is 4.79 Å². The Morgan fingerprint density at radius 2 is 2.00 bits per heavy atom. The van der Waals surface area contributed by atoms with Gasteiger partial charge in [0, 0.05) is 0 Å². The maximum Gasteiger partial charge on any atom is 0.348 e. The van der Waals surface area contributed by atoms with Gasteiger partial charge in [-0.2, -0.15) is 4.40 Å². The first-order valence-corrected chi connectivity index (χ1v) is 7.34. The molecule has 2 aliphatic heterocycles. The summed E-state index contributed by atoms with van der Waals surface area (Å²) < 4.78 is 8.98. The molecule has 3 rings (SSSR count). The summed E-state index contributed by atoms with van der Waals surface area (Å²) in [5.74, 6) is -0.780. The molecule has 0 unspecified atom stereocenters. The number of ether oxygens (including phenoxy) is 1. The number of hydrogen-bond donors (Lipinski definition) is 0. The third-order valence-electron chi connectivity index (χ3n) is 2.42. The molecular formula is C11H4ClNO3S2. The summed E-state index contributed by atoms with van der Waals surface area (Å²) >= 11 is 5.86. The second-order valence-corrected chi connectivity index (χ2v) is 5.67. The van der Waals surface area contributed by atoms with E-state index in [1.54, 1.807) is 24.3 Å². The summed E-state index contributed by atoms with van der Waals surface area (Å²) in [5, 5.41) is 0.157. The van der Waals surface area contributed by atoms with Crippen molar-refractivity contribution in [2.24, 2.45) is 4.40 Å². The molecule has 1 aromatic carbocycles. The van der Waals surface area contributed by atoms with Gasteiger partial charge in [-0.3, -0.25) is 4.79 Å². The van der Waals surface area contributed by atoms with Gasteiger partial charge in [0.2, 0.25) is 5.78 Å². The van der Waals surface area contributed by atoms with E-state index in [0.717, 1.165) is 11.0 Å². The summed E-state index contributed by atoms with van der Waals surface area (Å²) in [6.07, 6.45) is 0. The van der Waals surface area contributed by atoms with E-state index in [0.29, 0.717) is 10.5 Å². The molecule has 7 heteroatoms. The lowest BCUT2D eigenvalue weighted by molar-refractivity contribution is -0.130. The van der Waals surface area contributed by atoms with Gasteiger partial charge in [0.1, 0.15) is 11.3 Å². The fourth-order valence-corrected chi connectivity index (χ4v) is 3.95. The fraction of sp³-hybridized carbons (Fsp3) is 0. The quantitative estimate of drug-likeness (QED) is 0.184. The Kier molecular flexibility index (Phi) is 2.93. The largest absolute Gasteiger partial charge is 0.422 e. The van der Waals surface area contributed by atoms with Crippen molar-refractivity contribution in [3.05, 3.63) is 40.3 Å². The second-order valence-electron chi connectivity index (χ2n) is 3.46. The molecular weight excluding hydrogens is 294 g/mol. The SMILES string of the molecule is O=C1Oc2ccccc2C(=O)/C1=C1\SSN=C1Cl. The number of esters is 1. The number of benzene rings is 1. The van der Waals surface area contributed by atoms with Gasteiger partial charge in [-0.05, 0) is 22.9 Å². The van der Waals surface area contributed by atoms with Crippen LogP contribution in [0.1, 0.15) is 10.4 Å². The van der Waals surface area contributed by atoms with Crippen molar-refractivity contribution in [2.45, 2.75) is 0 Å². The minimum atomic E-state index is -0.683. The molecule has 0 aromatic heterocycles. The normalized spacial score (nSPS) is 22.6. The molecule has 0 saturated heterocycles. The molecule has 0 amide bonds. The molecule has 0 radical (unpaired) electrons. The van der Waals surface area contributed by atoms with Crippen molar-refractivity contribution >= 4 is 50.3 Å². The maximum atomic E-state index is 12.3. The summed E-state index contributed by atoms with van der Waals surface area (Å²) in [7, 11) is 2.30. The number of para-hydroxylation sites is 1. The van der Waals surface area contributed by atoms with Crippen molar-refractivity contribution in [3.63, 3.8) is 0 Å². The van der Waals surface area contributed by atoms with E-state index in [1.165, 1.54) is 10.8 Å². The van der Waals surface area contributed by atoms with Gasteiger partial charge in [-0.15, -0.1) is 0 Å². The Morgan fingerprint density at radius 1 is 1.22 bits per heavy atom. The van der Waals surface area contributed by atoms with Crippen LogP contribution < -0.4 is 4.74 Å². The van der Waals surface area contributed by atoms with Crippen molar-refractivity contribution in [1.29, 1.82) is 0 Å². The lowest BCUT2D eigenvalue weighted by Crippen LogP contribution is -2.26. The summed E-state index contributed by atoms with van der Waals surface area (Å²) in [6, 6.07) is 6.61. The highest BCUT2D eigenvalue weighted by Gasteiger charge is 2.36. The van der Waals surface area contributed by atoms with Gasteiger partial charge in [0.05, 0.1) is 21.4 Å². The standard InChI is InChI=1S/C11H4ClNO3S2/c12-10-9(17-18-13-10)7-8(14)5-3-1-2-4-6(5)16-11(7)15/h1-4H/b9-7+. The number of Topliss-reactive ketones (excluding diaryl/α,β-unsaturated/α-hetero) is 1. The highest BCUT2D eigenvalue weighted by atomic mass is 35.5. The number of hydrogen-bond acceptors (Lipinski definition) is 6. The minimum absolute atomic E-state index is 0.0440. The monoisotopic (exact) mass is 297 g/mol. The third-order valence-corrected chi connectivity index (χ3v) is 4.75. The number of carbonyl (C=O) groups is 2. The van der Waals surface area contributed by atoms with Crippen molar-refractivity contribution in [2.75, 3.05) is 0 Å². The predicted octanol–water partition coefficient (Wildman–Crippen LogP) is 2.99. The topological polar surface area (TPSA) is 55.7 Å². The molecule has 18 heavy (non-hydrogen) atoms. The van der Waals surface area contributed by atoms with Gasteiger partial charge < -0.3 is 4.74 Å². The molecule has 2 aliphatic rings. The number of rotatable bonds is 0. The Balaban J connectivity index is 2.18. The molecule has 1 aromatic rings. The van der Waals surface area contributed by atoms with E-state index in [4.69, 9.17) is 16.3 Å².